The van der Waals surface area contributed by atoms with Crippen molar-refractivity contribution in [2.45, 2.75) is 0 Å². The number of morpholine rings is 1. The minimum atomic E-state index is -0.586. The normalized spacial score (nSPS) is 13.9. The lowest BCUT2D eigenvalue weighted by molar-refractivity contribution is -0.384. The fourth-order valence-electron chi connectivity index (χ4n) is 2.25. The van der Waals surface area contributed by atoms with Crippen LogP contribution in [0.25, 0.3) is 0 Å². The molecular formula is C15H15N5O5S. The summed E-state index contributed by atoms with van der Waals surface area (Å²) in [6.45, 7) is 2.66. The van der Waals surface area contributed by atoms with E-state index in [1.54, 1.807) is 5.38 Å². The molecule has 2 aromatic rings. The van der Waals surface area contributed by atoms with Crippen LogP contribution >= 0.6 is 11.3 Å². The molecule has 26 heavy (non-hydrogen) atoms. The van der Waals surface area contributed by atoms with Gasteiger partial charge in [-0.05, 0) is 12.1 Å². The number of aromatic nitrogens is 1. The molecule has 3 rings (SSSR count). The number of carbonyl (C=O) groups excluding carboxylic acids is 2. The van der Waals surface area contributed by atoms with Gasteiger partial charge in [0.2, 0.25) is 0 Å². The third-order valence-corrected chi connectivity index (χ3v) is 4.54. The summed E-state index contributed by atoms with van der Waals surface area (Å²) in [6, 6.07) is 5.04. The molecule has 1 fully saturated rings. The molecule has 0 spiro atoms. The number of rotatable bonds is 4. The molecule has 0 aliphatic carbocycles. The van der Waals surface area contributed by atoms with E-state index in [1.165, 1.54) is 35.6 Å². The SMILES string of the molecule is O=C(NNC(=O)c1csc(N2CCOCC2)n1)c1ccc([N+](=O)[O-])cc1. The van der Waals surface area contributed by atoms with Crippen molar-refractivity contribution in [3.05, 3.63) is 51.0 Å². The zero-order valence-electron chi connectivity index (χ0n) is 13.5. The summed E-state index contributed by atoms with van der Waals surface area (Å²) in [5, 5.41) is 12.9. The third kappa shape index (κ3) is 4.13. The number of anilines is 1. The van der Waals surface area contributed by atoms with Gasteiger partial charge < -0.3 is 9.64 Å². The summed E-state index contributed by atoms with van der Waals surface area (Å²) in [4.78, 5) is 40.4. The molecular weight excluding hydrogens is 362 g/mol. The molecule has 1 aliphatic rings. The molecule has 2 amide bonds. The average Bonchev–Trinajstić information content (AvgIpc) is 3.17. The Morgan fingerprint density at radius 3 is 2.46 bits per heavy atom. The first-order valence-corrected chi connectivity index (χ1v) is 8.56. The van der Waals surface area contributed by atoms with Crippen molar-refractivity contribution in [2.24, 2.45) is 0 Å². The van der Waals surface area contributed by atoms with Crippen molar-refractivity contribution < 1.29 is 19.2 Å². The highest BCUT2D eigenvalue weighted by atomic mass is 32.1. The maximum Gasteiger partial charge on any atom is 0.289 e. The van der Waals surface area contributed by atoms with Crippen molar-refractivity contribution in [3.8, 4) is 0 Å². The molecule has 1 aliphatic heterocycles. The Hall–Kier alpha value is -3.05. The Bertz CT molecular complexity index is 816. The molecule has 136 valence electrons. The number of nitro groups is 1. The number of nitrogens with zero attached hydrogens (tertiary/aromatic N) is 3. The number of non-ortho nitro benzene ring substituents is 1. The van der Waals surface area contributed by atoms with E-state index in [1.807, 2.05) is 4.90 Å². The highest BCUT2D eigenvalue weighted by molar-refractivity contribution is 7.13. The van der Waals surface area contributed by atoms with E-state index >= 15 is 0 Å². The van der Waals surface area contributed by atoms with E-state index in [2.05, 4.69) is 15.8 Å². The first-order chi connectivity index (χ1) is 12.5. The van der Waals surface area contributed by atoms with Crippen LogP contribution in [0.4, 0.5) is 10.8 Å². The average molecular weight is 377 g/mol. The molecule has 1 saturated heterocycles. The van der Waals surface area contributed by atoms with Gasteiger partial charge in [-0.1, -0.05) is 0 Å². The molecule has 10 nitrogen and oxygen atoms in total. The number of benzene rings is 1. The van der Waals surface area contributed by atoms with Crippen LogP contribution in [0.3, 0.4) is 0 Å². The lowest BCUT2D eigenvalue weighted by Gasteiger charge is -2.25. The van der Waals surface area contributed by atoms with Crippen molar-refractivity contribution in [3.63, 3.8) is 0 Å². The van der Waals surface area contributed by atoms with Gasteiger partial charge in [0.05, 0.1) is 18.1 Å². The van der Waals surface area contributed by atoms with E-state index < -0.39 is 16.7 Å². The van der Waals surface area contributed by atoms with Crippen LogP contribution in [0.1, 0.15) is 20.8 Å². The van der Waals surface area contributed by atoms with E-state index in [9.17, 15) is 19.7 Å². The Balaban J connectivity index is 1.55. The second kappa shape index (κ2) is 7.89. The highest BCUT2D eigenvalue weighted by Gasteiger charge is 2.18. The van der Waals surface area contributed by atoms with E-state index in [-0.39, 0.29) is 16.9 Å². The molecule has 0 unspecified atom stereocenters. The number of hydrazine groups is 1. The van der Waals surface area contributed by atoms with E-state index in [0.29, 0.717) is 26.3 Å². The summed E-state index contributed by atoms with van der Waals surface area (Å²) >= 11 is 1.34. The van der Waals surface area contributed by atoms with Crippen LogP contribution in [0.15, 0.2) is 29.6 Å². The molecule has 11 heteroatoms. The Kier molecular flexibility index (Phi) is 5.39. The predicted molar refractivity (Wildman–Crippen MR) is 93.2 cm³/mol. The third-order valence-electron chi connectivity index (χ3n) is 3.64. The zero-order chi connectivity index (χ0) is 18.5. The number of ether oxygens (including phenoxy) is 1. The van der Waals surface area contributed by atoms with Gasteiger partial charge in [-0.25, -0.2) is 4.98 Å². The fraction of sp³-hybridized carbons (Fsp3) is 0.267. The highest BCUT2D eigenvalue weighted by Crippen LogP contribution is 2.21. The van der Waals surface area contributed by atoms with Crippen LogP contribution in [-0.2, 0) is 4.74 Å². The summed E-state index contributed by atoms with van der Waals surface area (Å²) in [6.07, 6.45) is 0. The number of amides is 2. The van der Waals surface area contributed by atoms with Gasteiger partial charge in [-0.15, -0.1) is 11.3 Å². The maximum absolute atomic E-state index is 12.1. The first-order valence-electron chi connectivity index (χ1n) is 7.68. The van der Waals surface area contributed by atoms with Gasteiger partial charge in [0, 0.05) is 36.2 Å². The summed E-state index contributed by atoms with van der Waals surface area (Å²) < 4.78 is 5.27. The topological polar surface area (TPSA) is 127 Å². The summed E-state index contributed by atoms with van der Waals surface area (Å²) in [5.41, 5.74) is 4.79. The van der Waals surface area contributed by atoms with Crippen molar-refractivity contribution in [1.82, 2.24) is 15.8 Å². The monoisotopic (exact) mass is 377 g/mol. The predicted octanol–water partition coefficient (Wildman–Crippen LogP) is 0.963. The maximum atomic E-state index is 12.1. The van der Waals surface area contributed by atoms with Gasteiger partial charge in [0.25, 0.3) is 17.5 Å². The largest absolute Gasteiger partial charge is 0.378 e. The van der Waals surface area contributed by atoms with E-state index in [4.69, 9.17) is 4.74 Å². The quantitative estimate of drug-likeness (QED) is 0.600. The summed E-state index contributed by atoms with van der Waals surface area (Å²) in [5.74, 6) is -1.13. The van der Waals surface area contributed by atoms with Crippen LogP contribution in [0.2, 0.25) is 0 Å². The number of nitro benzene ring substituents is 1. The molecule has 2 heterocycles. The Labute approximate surface area is 151 Å². The van der Waals surface area contributed by atoms with Gasteiger partial charge in [0.1, 0.15) is 5.69 Å². The lowest BCUT2D eigenvalue weighted by atomic mass is 10.2. The first kappa shape index (κ1) is 17.8. The van der Waals surface area contributed by atoms with Gasteiger partial charge in [0.15, 0.2) is 5.13 Å². The molecule has 1 aromatic heterocycles. The lowest BCUT2D eigenvalue weighted by Crippen LogP contribution is -2.41. The fourth-order valence-corrected chi connectivity index (χ4v) is 3.11. The van der Waals surface area contributed by atoms with E-state index in [0.717, 1.165) is 5.13 Å². The number of nitrogens with one attached hydrogen (secondary N) is 2. The van der Waals surface area contributed by atoms with Gasteiger partial charge in [-0.2, -0.15) is 0 Å². The Morgan fingerprint density at radius 2 is 1.81 bits per heavy atom. The Morgan fingerprint density at radius 1 is 1.15 bits per heavy atom. The van der Waals surface area contributed by atoms with Gasteiger partial charge in [-0.3, -0.25) is 30.6 Å². The molecule has 0 saturated carbocycles. The zero-order valence-corrected chi connectivity index (χ0v) is 14.3. The standard InChI is InChI=1S/C15H15N5O5S/c21-13(10-1-3-11(4-2-10)20(23)24)17-18-14(22)12-9-26-15(16-12)19-5-7-25-8-6-19/h1-4,9H,5-8H2,(H,17,21)(H,18,22). The number of hydrogen-bond donors (Lipinski definition) is 2. The number of hydrogen-bond acceptors (Lipinski definition) is 8. The van der Waals surface area contributed by atoms with Crippen molar-refractivity contribution >= 4 is 34.0 Å². The molecule has 0 bridgehead atoms. The second-order valence-electron chi connectivity index (χ2n) is 5.33. The molecule has 2 N–H and O–H groups in total. The summed E-state index contributed by atoms with van der Waals surface area (Å²) in [7, 11) is 0. The van der Waals surface area contributed by atoms with Crippen molar-refractivity contribution in [2.75, 3.05) is 31.2 Å². The number of carbonyl (C=O) groups is 2. The van der Waals surface area contributed by atoms with Crippen molar-refractivity contribution in [1.29, 1.82) is 0 Å². The van der Waals surface area contributed by atoms with Crippen LogP contribution in [-0.4, -0.2) is 48.0 Å². The molecule has 1 aromatic carbocycles. The van der Waals surface area contributed by atoms with Gasteiger partial charge >= 0.3 is 0 Å². The molecule has 0 atom stereocenters. The second-order valence-corrected chi connectivity index (χ2v) is 6.16. The smallest absolute Gasteiger partial charge is 0.289 e. The van der Waals surface area contributed by atoms with Crippen LogP contribution in [0.5, 0.6) is 0 Å². The van der Waals surface area contributed by atoms with Crippen LogP contribution < -0.4 is 15.8 Å². The minimum Gasteiger partial charge on any atom is -0.378 e. The minimum absolute atomic E-state index is 0.122. The van der Waals surface area contributed by atoms with Crippen LogP contribution in [0, 0.1) is 10.1 Å². The molecule has 0 radical (unpaired) electrons. The number of thiazole rings is 1.